The Morgan fingerprint density at radius 3 is 2.52 bits per heavy atom. The number of hydrogen-bond donors (Lipinski definition) is 0. The van der Waals surface area contributed by atoms with Gasteiger partial charge >= 0.3 is 0 Å². The number of methoxy groups -OCH3 is 1. The molecule has 9 heteroatoms. The normalized spacial score (nSPS) is 15.4. The van der Waals surface area contributed by atoms with Gasteiger partial charge in [0.2, 0.25) is 6.79 Å². The summed E-state index contributed by atoms with van der Waals surface area (Å²) in [4.78, 5) is 28.3. The average Bonchev–Trinajstić information content (AvgIpc) is 3.65. The van der Waals surface area contributed by atoms with Gasteiger partial charge in [-0.3, -0.25) is 14.5 Å². The largest absolute Gasteiger partial charge is 0.496 e. The van der Waals surface area contributed by atoms with Gasteiger partial charge in [-0.15, -0.1) is 0 Å². The van der Waals surface area contributed by atoms with Crippen molar-refractivity contribution in [2.24, 2.45) is 0 Å². The van der Waals surface area contributed by atoms with E-state index < -0.39 is 11.8 Å². The first-order valence-corrected chi connectivity index (χ1v) is 13.3. The lowest BCUT2D eigenvalue weighted by Gasteiger charge is -2.27. The van der Waals surface area contributed by atoms with Crippen LogP contribution >= 0.6 is 0 Å². The van der Waals surface area contributed by atoms with Crippen LogP contribution in [0.25, 0.3) is 23.0 Å². The molecule has 0 fully saturated rings. The summed E-state index contributed by atoms with van der Waals surface area (Å²) >= 11 is 0. The van der Waals surface area contributed by atoms with E-state index >= 15 is 0 Å². The van der Waals surface area contributed by atoms with Gasteiger partial charge in [0.1, 0.15) is 17.4 Å². The van der Waals surface area contributed by atoms with Gasteiger partial charge in [0.15, 0.2) is 11.5 Å². The van der Waals surface area contributed by atoms with Crippen molar-refractivity contribution < 1.29 is 23.8 Å². The molecule has 0 N–H and O–H groups in total. The molecule has 0 radical (unpaired) electrons. The Morgan fingerprint density at radius 1 is 1.00 bits per heavy atom. The first-order chi connectivity index (χ1) is 20.4. The van der Waals surface area contributed by atoms with E-state index in [2.05, 4.69) is 0 Å². The quantitative estimate of drug-likeness (QED) is 0.231. The smallest absolute Gasteiger partial charge is 0.271 e. The molecule has 2 aliphatic rings. The second-order valence-electron chi connectivity index (χ2n) is 9.95. The van der Waals surface area contributed by atoms with Crippen LogP contribution in [-0.4, -0.2) is 40.4 Å². The Bertz CT molecular complexity index is 1850. The fourth-order valence-corrected chi connectivity index (χ4v) is 5.11. The van der Waals surface area contributed by atoms with Crippen molar-refractivity contribution in [3.8, 4) is 40.3 Å². The number of amides is 2. The maximum absolute atomic E-state index is 13.9. The fourth-order valence-electron chi connectivity index (χ4n) is 5.11. The van der Waals surface area contributed by atoms with E-state index in [1.165, 1.54) is 0 Å². The van der Waals surface area contributed by atoms with E-state index in [0.29, 0.717) is 33.9 Å². The van der Waals surface area contributed by atoms with E-state index in [-0.39, 0.29) is 24.5 Å². The fraction of sp³-hybridized carbons (Fsp3) is 0.152. The van der Waals surface area contributed by atoms with Crippen molar-refractivity contribution in [1.29, 1.82) is 5.26 Å². The summed E-state index contributed by atoms with van der Waals surface area (Å²) in [6, 6.07) is 22.6. The van der Waals surface area contributed by atoms with Crippen LogP contribution in [0.1, 0.15) is 23.6 Å². The monoisotopic (exact) mass is 558 g/mol. The van der Waals surface area contributed by atoms with Crippen molar-refractivity contribution in [2.45, 2.75) is 20.4 Å². The number of hydrogen-bond acceptors (Lipinski definition) is 7. The highest BCUT2D eigenvalue weighted by Gasteiger charge is 2.36. The molecule has 0 atom stereocenters. The Morgan fingerprint density at radius 2 is 1.79 bits per heavy atom. The topological polar surface area (TPSA) is 107 Å². The zero-order chi connectivity index (χ0) is 29.4. The van der Waals surface area contributed by atoms with Gasteiger partial charge in [-0.1, -0.05) is 24.3 Å². The Balaban J connectivity index is 1.46. The Hall–Kier alpha value is -5.62. The summed E-state index contributed by atoms with van der Waals surface area (Å²) < 4.78 is 18.0. The number of para-hydroxylation sites is 1. The predicted molar refractivity (Wildman–Crippen MR) is 155 cm³/mol. The number of carbonyl (C=O) groups excluding carboxylic acids is 2. The van der Waals surface area contributed by atoms with Crippen LogP contribution < -0.4 is 14.2 Å². The van der Waals surface area contributed by atoms with E-state index in [4.69, 9.17) is 19.3 Å². The van der Waals surface area contributed by atoms with Crippen molar-refractivity contribution in [2.75, 3.05) is 13.9 Å². The SMILES string of the molecule is COc1ccc(-c2nn(-c3ccccc3)cc2/C=C2/C(=O)N(Cc3ccc4c(c3)OCO4)C(=O)C(C#N)=C2C)cc1C. The third-order valence-corrected chi connectivity index (χ3v) is 7.33. The molecular formula is C33H26N4O5. The number of carbonyl (C=O) groups is 2. The van der Waals surface area contributed by atoms with Crippen LogP contribution in [0.4, 0.5) is 0 Å². The zero-order valence-corrected chi connectivity index (χ0v) is 23.2. The molecule has 2 aliphatic heterocycles. The zero-order valence-electron chi connectivity index (χ0n) is 23.2. The molecule has 0 saturated carbocycles. The predicted octanol–water partition coefficient (Wildman–Crippen LogP) is 5.38. The molecule has 4 aromatic rings. The first-order valence-electron chi connectivity index (χ1n) is 13.3. The summed E-state index contributed by atoms with van der Waals surface area (Å²) in [7, 11) is 1.62. The lowest BCUT2D eigenvalue weighted by Crippen LogP contribution is -2.42. The second-order valence-corrected chi connectivity index (χ2v) is 9.95. The number of benzene rings is 3. The summed E-state index contributed by atoms with van der Waals surface area (Å²) in [6.07, 6.45) is 3.54. The van der Waals surface area contributed by atoms with E-state index in [0.717, 1.165) is 27.5 Å². The first kappa shape index (κ1) is 26.6. The summed E-state index contributed by atoms with van der Waals surface area (Å²) in [5.41, 5.74) is 5.03. The van der Waals surface area contributed by atoms with E-state index in [1.54, 1.807) is 43.0 Å². The van der Waals surface area contributed by atoms with Gasteiger partial charge in [-0.2, -0.15) is 10.4 Å². The summed E-state index contributed by atoms with van der Waals surface area (Å²) in [5.74, 6) is 0.749. The third kappa shape index (κ3) is 4.69. The average molecular weight is 559 g/mol. The number of fused-ring (bicyclic) bond motifs is 1. The molecule has 0 spiro atoms. The standard InChI is InChI=1S/C33H26N4O5/c1-20-13-23(10-12-28(20)40-3)31-24(18-37(35-31)25-7-5-4-6-8-25)15-26-21(2)27(16-34)33(39)36(32(26)38)17-22-9-11-29-30(14-22)42-19-41-29/h4-15,18H,17,19H2,1-3H3/b26-15+. The molecule has 2 amide bonds. The van der Waals surface area contributed by atoms with Crippen LogP contribution in [-0.2, 0) is 16.1 Å². The third-order valence-electron chi connectivity index (χ3n) is 7.33. The summed E-state index contributed by atoms with van der Waals surface area (Å²) in [6.45, 7) is 3.65. The van der Waals surface area contributed by atoms with Gasteiger partial charge in [-0.05, 0) is 79.1 Å². The van der Waals surface area contributed by atoms with Gasteiger partial charge in [-0.25, -0.2) is 4.68 Å². The van der Waals surface area contributed by atoms with Gasteiger partial charge in [0, 0.05) is 22.9 Å². The minimum Gasteiger partial charge on any atom is -0.496 e. The Kier molecular flexibility index (Phi) is 6.80. The molecule has 3 aromatic carbocycles. The number of rotatable bonds is 6. The van der Waals surface area contributed by atoms with Crippen LogP contribution in [0.2, 0.25) is 0 Å². The highest BCUT2D eigenvalue weighted by atomic mass is 16.7. The maximum Gasteiger partial charge on any atom is 0.271 e. The molecule has 208 valence electrons. The number of nitriles is 1. The molecule has 3 heterocycles. The molecular weight excluding hydrogens is 532 g/mol. The van der Waals surface area contributed by atoms with Gasteiger partial charge < -0.3 is 14.2 Å². The molecule has 0 aliphatic carbocycles. The highest BCUT2D eigenvalue weighted by Crippen LogP contribution is 2.35. The van der Waals surface area contributed by atoms with E-state index in [9.17, 15) is 14.9 Å². The number of aryl methyl sites for hydroxylation is 1. The number of imide groups is 1. The van der Waals surface area contributed by atoms with Crippen LogP contribution in [0, 0.1) is 18.3 Å². The second kappa shape index (κ2) is 10.7. The summed E-state index contributed by atoms with van der Waals surface area (Å²) in [5, 5.41) is 14.8. The van der Waals surface area contributed by atoms with E-state index in [1.807, 2.05) is 67.7 Å². The van der Waals surface area contributed by atoms with Crippen LogP contribution in [0.15, 0.2) is 89.6 Å². The minimum absolute atomic E-state index is 0.0298. The molecule has 0 bridgehead atoms. The molecule has 0 saturated heterocycles. The lowest BCUT2D eigenvalue weighted by molar-refractivity contribution is -0.141. The molecule has 1 aromatic heterocycles. The van der Waals surface area contributed by atoms with Gasteiger partial charge in [0.25, 0.3) is 11.8 Å². The van der Waals surface area contributed by atoms with Crippen LogP contribution in [0.3, 0.4) is 0 Å². The lowest BCUT2D eigenvalue weighted by atomic mass is 9.92. The molecule has 0 unspecified atom stereocenters. The number of nitrogens with zero attached hydrogens (tertiary/aromatic N) is 4. The number of aromatic nitrogens is 2. The molecule has 6 rings (SSSR count). The van der Waals surface area contributed by atoms with Gasteiger partial charge in [0.05, 0.1) is 25.0 Å². The molecule has 9 nitrogen and oxygen atoms in total. The van der Waals surface area contributed by atoms with Crippen molar-refractivity contribution >= 4 is 17.9 Å². The maximum atomic E-state index is 13.9. The minimum atomic E-state index is -0.638. The van der Waals surface area contributed by atoms with Crippen molar-refractivity contribution in [1.82, 2.24) is 14.7 Å². The highest BCUT2D eigenvalue weighted by molar-refractivity contribution is 6.19. The number of ether oxygens (including phenoxy) is 3. The van der Waals surface area contributed by atoms with Crippen LogP contribution in [0.5, 0.6) is 17.2 Å². The Labute approximate surface area is 242 Å². The molecule has 42 heavy (non-hydrogen) atoms. The van der Waals surface area contributed by atoms with Crippen molar-refractivity contribution in [3.05, 3.63) is 106 Å². The van der Waals surface area contributed by atoms with Crippen molar-refractivity contribution in [3.63, 3.8) is 0 Å².